The van der Waals surface area contributed by atoms with E-state index in [0.29, 0.717) is 18.0 Å². The topological polar surface area (TPSA) is 94.2 Å². The Kier molecular flexibility index (Phi) is 7.34. The van der Waals surface area contributed by atoms with Gasteiger partial charge in [-0.2, -0.15) is 4.98 Å². The molecule has 1 amide bonds. The third kappa shape index (κ3) is 6.21. The van der Waals surface area contributed by atoms with Crippen molar-refractivity contribution in [2.24, 2.45) is 0 Å². The average molecular weight is 494 g/mol. The largest absolute Gasteiger partial charge is 0.382 e. The maximum atomic E-state index is 11.4. The van der Waals surface area contributed by atoms with Crippen molar-refractivity contribution < 1.29 is 4.79 Å². The van der Waals surface area contributed by atoms with Gasteiger partial charge in [0.25, 0.3) is 0 Å². The van der Waals surface area contributed by atoms with E-state index in [0.717, 1.165) is 66.2 Å². The highest BCUT2D eigenvalue weighted by Gasteiger charge is 2.23. The smallest absolute Gasteiger partial charge is 0.229 e. The number of amides is 1. The molecule has 2 aliphatic rings. The summed E-state index contributed by atoms with van der Waals surface area (Å²) in [6, 6.07) is 11.6. The van der Waals surface area contributed by atoms with Crippen LogP contribution < -0.4 is 21.3 Å². The molecule has 2 aromatic heterocycles. The summed E-state index contributed by atoms with van der Waals surface area (Å²) in [6.07, 6.45) is 6.34. The van der Waals surface area contributed by atoms with Gasteiger partial charge in [0.05, 0.1) is 10.2 Å². The number of carbonyl (C=O) groups is 1. The van der Waals surface area contributed by atoms with Crippen LogP contribution in [0.2, 0.25) is 0 Å². The number of anilines is 4. The number of fused-ring (bicyclic) bond motifs is 1. The number of rotatable bonds is 7. The Balaban J connectivity index is 1.23. The van der Waals surface area contributed by atoms with Crippen molar-refractivity contribution in [2.75, 3.05) is 36.1 Å². The van der Waals surface area contributed by atoms with E-state index < -0.39 is 0 Å². The minimum absolute atomic E-state index is 0.0545. The molecule has 1 aliphatic carbocycles. The summed E-state index contributed by atoms with van der Waals surface area (Å²) in [6.45, 7) is 3.88. The van der Waals surface area contributed by atoms with E-state index >= 15 is 0 Å². The highest BCUT2D eigenvalue weighted by atomic mass is 32.1. The van der Waals surface area contributed by atoms with Crippen LogP contribution in [0.3, 0.4) is 0 Å². The summed E-state index contributed by atoms with van der Waals surface area (Å²) in [5, 5.41) is 15.8. The van der Waals surface area contributed by atoms with Crippen molar-refractivity contribution in [2.45, 2.75) is 63.6 Å². The summed E-state index contributed by atoms with van der Waals surface area (Å²) < 4.78 is 1.08. The van der Waals surface area contributed by atoms with Crippen molar-refractivity contribution in [1.29, 1.82) is 0 Å². The van der Waals surface area contributed by atoms with Crippen LogP contribution in [0.25, 0.3) is 10.2 Å². The minimum Gasteiger partial charge on any atom is -0.382 e. The van der Waals surface area contributed by atoms with Crippen molar-refractivity contribution in [1.82, 2.24) is 20.2 Å². The Morgan fingerprint density at radius 3 is 2.26 bits per heavy atom. The van der Waals surface area contributed by atoms with Gasteiger partial charge in [-0.1, -0.05) is 0 Å². The Morgan fingerprint density at radius 2 is 1.54 bits per heavy atom. The van der Waals surface area contributed by atoms with Gasteiger partial charge >= 0.3 is 0 Å². The van der Waals surface area contributed by atoms with E-state index in [1.807, 2.05) is 6.07 Å². The van der Waals surface area contributed by atoms with Crippen LogP contribution in [-0.2, 0) is 4.79 Å². The van der Waals surface area contributed by atoms with Crippen molar-refractivity contribution in [3.63, 3.8) is 0 Å². The van der Waals surface area contributed by atoms with Gasteiger partial charge in [-0.15, -0.1) is 11.3 Å². The number of hydrogen-bond donors (Lipinski definition) is 4. The number of likely N-dealkylation sites (tertiary alicyclic amines) is 1. The van der Waals surface area contributed by atoms with Crippen molar-refractivity contribution in [3.05, 3.63) is 35.7 Å². The normalized spacial score (nSPS) is 21.5. The number of piperidine rings is 1. The first-order chi connectivity index (χ1) is 17.0. The van der Waals surface area contributed by atoms with Gasteiger partial charge < -0.3 is 26.2 Å². The van der Waals surface area contributed by atoms with Crippen LogP contribution in [0.5, 0.6) is 0 Å². The van der Waals surface area contributed by atoms with Crippen LogP contribution in [0.1, 0.15) is 45.4 Å². The van der Waals surface area contributed by atoms with Crippen LogP contribution >= 0.6 is 11.3 Å². The molecular weight excluding hydrogens is 458 g/mol. The molecular formula is C26H35N7OS. The fraction of sp³-hybridized carbons (Fsp3) is 0.500. The second kappa shape index (κ2) is 10.8. The lowest BCUT2D eigenvalue weighted by Gasteiger charge is -2.30. The number of nitrogens with zero attached hydrogens (tertiary/aromatic N) is 3. The van der Waals surface area contributed by atoms with E-state index in [9.17, 15) is 4.79 Å². The quantitative estimate of drug-likeness (QED) is 0.376. The van der Waals surface area contributed by atoms with E-state index in [1.54, 1.807) is 18.3 Å². The molecule has 9 heteroatoms. The van der Waals surface area contributed by atoms with Gasteiger partial charge in [0.15, 0.2) is 0 Å². The highest BCUT2D eigenvalue weighted by Crippen LogP contribution is 2.31. The minimum atomic E-state index is 0.0545. The van der Waals surface area contributed by atoms with Gasteiger partial charge in [0.1, 0.15) is 5.82 Å². The Hall–Kier alpha value is -2.91. The van der Waals surface area contributed by atoms with Crippen LogP contribution in [0.15, 0.2) is 35.7 Å². The second-order valence-corrected chi connectivity index (χ2v) is 10.8. The molecule has 0 radical (unpaired) electrons. The standard InChI is InChI=1S/C26H35N7OS/c1-17(34)27-18-3-7-20(8-4-18)29-25-24-23(13-16-35-24)31-26(32-25)30-21-9-5-19(6-10-21)28-22-11-14-33(2)15-12-22/h5-6,9-10,13,16,18,20,22,28H,3-4,7-8,11-12,14-15H2,1-2H3,(H,27,34)(H2,29,30,31,32)/t18-,20+. The SMILES string of the molecule is CC(=O)N[C@H]1CC[C@@H](Nc2nc(Nc3ccc(NC4CCN(C)CC4)cc3)nc3ccsc23)CC1. The number of thiophene rings is 1. The van der Waals surface area contributed by atoms with Crippen molar-refractivity contribution >= 4 is 50.6 Å². The first-order valence-corrected chi connectivity index (χ1v) is 13.5. The number of benzene rings is 1. The third-order valence-corrected chi connectivity index (χ3v) is 7.92. The summed E-state index contributed by atoms with van der Waals surface area (Å²) in [5.41, 5.74) is 3.06. The Morgan fingerprint density at radius 1 is 0.886 bits per heavy atom. The molecule has 3 aromatic rings. The molecule has 1 saturated carbocycles. The monoisotopic (exact) mass is 493 g/mol. The fourth-order valence-electron chi connectivity index (χ4n) is 5.05. The predicted molar refractivity (Wildman–Crippen MR) is 145 cm³/mol. The third-order valence-electron chi connectivity index (χ3n) is 7.01. The summed E-state index contributed by atoms with van der Waals surface area (Å²) in [4.78, 5) is 23.3. The molecule has 0 unspecified atom stereocenters. The van der Waals surface area contributed by atoms with Gasteiger partial charge in [-0.25, -0.2) is 4.98 Å². The molecule has 5 rings (SSSR count). The maximum Gasteiger partial charge on any atom is 0.229 e. The van der Waals surface area contributed by atoms with Gasteiger partial charge in [0.2, 0.25) is 11.9 Å². The molecule has 8 nitrogen and oxygen atoms in total. The number of nitrogens with one attached hydrogen (secondary N) is 4. The van der Waals surface area contributed by atoms with Gasteiger partial charge in [-0.3, -0.25) is 4.79 Å². The van der Waals surface area contributed by atoms with E-state index in [4.69, 9.17) is 9.97 Å². The van der Waals surface area contributed by atoms with Gasteiger partial charge in [-0.05, 0) is 94.4 Å². The fourth-order valence-corrected chi connectivity index (χ4v) is 5.83. The molecule has 1 aromatic carbocycles. The number of aromatic nitrogens is 2. The van der Waals surface area contributed by atoms with E-state index in [1.165, 1.54) is 12.8 Å². The zero-order valence-electron chi connectivity index (χ0n) is 20.5. The molecule has 1 saturated heterocycles. The molecule has 1 aliphatic heterocycles. The van der Waals surface area contributed by atoms with E-state index in [-0.39, 0.29) is 11.9 Å². The molecule has 3 heterocycles. The van der Waals surface area contributed by atoms with Crippen LogP contribution in [0, 0.1) is 0 Å². The molecule has 2 fully saturated rings. The lowest BCUT2D eigenvalue weighted by Crippen LogP contribution is -2.39. The second-order valence-electron chi connectivity index (χ2n) is 9.85. The zero-order chi connectivity index (χ0) is 24.2. The molecule has 0 spiro atoms. The summed E-state index contributed by atoms with van der Waals surface area (Å²) in [7, 11) is 2.19. The summed E-state index contributed by atoms with van der Waals surface area (Å²) >= 11 is 1.66. The predicted octanol–water partition coefficient (Wildman–Crippen LogP) is 4.80. The lowest BCUT2D eigenvalue weighted by atomic mass is 9.91. The molecule has 35 heavy (non-hydrogen) atoms. The average Bonchev–Trinajstić information content (AvgIpc) is 3.32. The maximum absolute atomic E-state index is 11.4. The first-order valence-electron chi connectivity index (χ1n) is 12.6. The Labute approximate surface area is 210 Å². The summed E-state index contributed by atoms with van der Waals surface area (Å²) in [5.74, 6) is 1.54. The zero-order valence-corrected chi connectivity index (χ0v) is 21.3. The van der Waals surface area contributed by atoms with Crippen LogP contribution in [0.4, 0.5) is 23.1 Å². The van der Waals surface area contributed by atoms with Crippen LogP contribution in [-0.4, -0.2) is 59.0 Å². The van der Waals surface area contributed by atoms with E-state index in [2.05, 4.69) is 62.9 Å². The van der Waals surface area contributed by atoms with Gasteiger partial charge in [0, 0.05) is 36.4 Å². The molecule has 4 N–H and O–H groups in total. The van der Waals surface area contributed by atoms with Crippen molar-refractivity contribution in [3.8, 4) is 0 Å². The number of carbonyl (C=O) groups excluding carboxylic acids is 1. The lowest BCUT2D eigenvalue weighted by molar-refractivity contribution is -0.119. The first kappa shape index (κ1) is 23.8. The Bertz CT molecular complexity index is 1130. The molecule has 186 valence electrons. The molecule has 0 atom stereocenters. The highest BCUT2D eigenvalue weighted by molar-refractivity contribution is 7.17. The molecule has 0 bridgehead atoms. The number of hydrogen-bond acceptors (Lipinski definition) is 8.